The Balaban J connectivity index is 0.000000249. The molecular formula is C22H25N5O2. The molecule has 0 fully saturated rings. The number of urea groups is 1. The average molecular weight is 391 g/mol. The summed E-state index contributed by atoms with van der Waals surface area (Å²) in [6.45, 7) is 4.49. The van der Waals surface area contributed by atoms with Crippen LogP contribution in [0, 0.1) is 5.92 Å². The van der Waals surface area contributed by atoms with Crippen molar-refractivity contribution >= 4 is 28.5 Å². The van der Waals surface area contributed by atoms with Gasteiger partial charge in [-0.15, -0.1) is 5.10 Å². The molecule has 7 heteroatoms. The molecular weight excluding hydrogens is 366 g/mol. The highest BCUT2D eigenvalue weighted by molar-refractivity contribution is 6.00. The molecule has 0 saturated carbocycles. The lowest BCUT2D eigenvalue weighted by Gasteiger charge is -2.05. The van der Waals surface area contributed by atoms with E-state index in [1.807, 2.05) is 24.3 Å². The highest BCUT2D eigenvalue weighted by atomic mass is 16.5. The first-order chi connectivity index (χ1) is 14.1. The van der Waals surface area contributed by atoms with Gasteiger partial charge in [0, 0.05) is 24.0 Å². The topological polar surface area (TPSA) is 92.9 Å². The summed E-state index contributed by atoms with van der Waals surface area (Å²) in [6.07, 6.45) is 4.23. The molecule has 29 heavy (non-hydrogen) atoms. The maximum atomic E-state index is 11.7. The van der Waals surface area contributed by atoms with Crippen molar-refractivity contribution in [2.75, 3.05) is 10.6 Å². The second kappa shape index (κ2) is 9.98. The fraction of sp³-hybridized carbons (Fsp3) is 0.182. The maximum absolute atomic E-state index is 11.7. The summed E-state index contributed by atoms with van der Waals surface area (Å²) in [5.74, 6) is 0.947. The molecule has 0 aliphatic rings. The number of hydrogen-bond acceptors (Lipinski definition) is 5. The molecule has 4 rings (SSSR count). The minimum Gasteiger partial charge on any atom is -0.319 e. The van der Waals surface area contributed by atoms with E-state index in [4.69, 9.17) is 0 Å². The number of hydrogen-bond donors (Lipinski definition) is 2. The third kappa shape index (κ3) is 6.42. The predicted octanol–water partition coefficient (Wildman–Crippen LogP) is 5.39. The van der Waals surface area contributed by atoms with Crippen LogP contribution in [0.1, 0.15) is 20.8 Å². The number of amides is 2. The zero-order chi connectivity index (χ0) is 20.5. The van der Waals surface area contributed by atoms with Crippen molar-refractivity contribution in [1.82, 2.24) is 15.4 Å². The van der Waals surface area contributed by atoms with Crippen molar-refractivity contribution in [1.29, 1.82) is 0 Å². The van der Waals surface area contributed by atoms with Gasteiger partial charge in [-0.1, -0.05) is 50.2 Å². The number of aromatic nitrogens is 3. The van der Waals surface area contributed by atoms with E-state index in [0.717, 1.165) is 16.8 Å². The summed E-state index contributed by atoms with van der Waals surface area (Å²) in [6, 6.07) is 19.4. The van der Waals surface area contributed by atoms with Crippen molar-refractivity contribution in [3.8, 4) is 0 Å². The second-order valence-electron chi connectivity index (χ2n) is 6.86. The van der Waals surface area contributed by atoms with Gasteiger partial charge in [-0.05, 0) is 42.2 Å². The lowest BCUT2D eigenvalue weighted by atomic mass is 10.0. The van der Waals surface area contributed by atoms with Crippen LogP contribution < -0.4 is 10.6 Å². The van der Waals surface area contributed by atoms with Gasteiger partial charge in [0.05, 0.1) is 5.52 Å². The van der Waals surface area contributed by atoms with Crippen molar-refractivity contribution in [2.24, 2.45) is 5.92 Å². The smallest absolute Gasteiger partial charge is 0.319 e. The Morgan fingerprint density at radius 1 is 1.07 bits per heavy atom. The largest absolute Gasteiger partial charge is 0.326 e. The zero-order valence-electron chi connectivity index (χ0n) is 16.4. The molecule has 2 amide bonds. The van der Waals surface area contributed by atoms with Gasteiger partial charge in [0.2, 0.25) is 0 Å². The Morgan fingerprint density at radius 2 is 1.90 bits per heavy atom. The highest BCUT2D eigenvalue weighted by Crippen LogP contribution is 2.17. The third-order valence-electron chi connectivity index (χ3n) is 3.95. The number of nitrogens with one attached hydrogen (secondary N) is 2. The first-order valence-corrected chi connectivity index (χ1v) is 9.34. The number of anilines is 2. The van der Waals surface area contributed by atoms with Crippen molar-refractivity contribution < 1.29 is 10.7 Å². The quantitative estimate of drug-likeness (QED) is 0.486. The standard InChI is InChI=1S/C12H9N5O2.C10H14.H2/c18-12(16-11-7-14-17-19-11)15-9-3-4-10-8(6-9)2-1-5-13-10;1-9(2)8-10-6-4-3-5-7-10;/h1-7H,(H2,15,16,18);3-7,9H,8H2,1-2H3;1H. The second-order valence-corrected chi connectivity index (χ2v) is 6.86. The fourth-order valence-corrected chi connectivity index (χ4v) is 2.74. The lowest BCUT2D eigenvalue weighted by molar-refractivity contribution is 0.261. The number of carbonyl (C=O) groups is 1. The first-order valence-electron chi connectivity index (χ1n) is 9.34. The molecule has 0 atom stereocenters. The van der Waals surface area contributed by atoms with Crippen LogP contribution in [0.15, 0.2) is 77.6 Å². The van der Waals surface area contributed by atoms with Crippen LogP contribution in [-0.2, 0) is 6.42 Å². The normalized spacial score (nSPS) is 10.3. The Kier molecular flexibility index (Phi) is 6.89. The number of rotatable bonds is 4. The molecule has 2 heterocycles. The van der Waals surface area contributed by atoms with Gasteiger partial charge in [-0.2, -0.15) is 0 Å². The predicted molar refractivity (Wildman–Crippen MR) is 116 cm³/mol. The van der Waals surface area contributed by atoms with E-state index in [1.165, 1.54) is 18.2 Å². The van der Waals surface area contributed by atoms with Gasteiger partial charge in [0.15, 0.2) is 0 Å². The number of pyridine rings is 1. The summed E-state index contributed by atoms with van der Waals surface area (Å²) in [5.41, 5.74) is 2.97. The van der Waals surface area contributed by atoms with E-state index < -0.39 is 6.03 Å². The lowest BCUT2D eigenvalue weighted by Crippen LogP contribution is -2.18. The Bertz CT molecular complexity index is 1040. The molecule has 0 radical (unpaired) electrons. The van der Waals surface area contributed by atoms with Gasteiger partial charge >= 0.3 is 6.03 Å². The van der Waals surface area contributed by atoms with Crippen LogP contribution >= 0.6 is 0 Å². The van der Waals surface area contributed by atoms with Crippen LogP contribution in [0.3, 0.4) is 0 Å². The average Bonchev–Trinajstić information content (AvgIpc) is 3.21. The Morgan fingerprint density at radius 3 is 2.62 bits per heavy atom. The van der Waals surface area contributed by atoms with Crippen LogP contribution in [-0.4, -0.2) is 21.4 Å². The van der Waals surface area contributed by atoms with Gasteiger partial charge in [0.25, 0.3) is 5.88 Å². The number of benzene rings is 2. The molecule has 7 nitrogen and oxygen atoms in total. The molecule has 0 aliphatic heterocycles. The number of fused-ring (bicyclic) bond motifs is 1. The Labute approximate surface area is 170 Å². The molecule has 150 valence electrons. The summed E-state index contributed by atoms with van der Waals surface area (Å²) in [4.78, 5) is 15.9. The highest BCUT2D eigenvalue weighted by Gasteiger charge is 2.06. The van der Waals surface area contributed by atoms with Gasteiger partial charge in [-0.3, -0.25) is 10.3 Å². The summed E-state index contributed by atoms with van der Waals surface area (Å²) < 4.78 is 4.67. The summed E-state index contributed by atoms with van der Waals surface area (Å²) >= 11 is 0. The monoisotopic (exact) mass is 391 g/mol. The van der Waals surface area contributed by atoms with Crippen molar-refractivity contribution in [2.45, 2.75) is 20.3 Å². The molecule has 0 bridgehead atoms. The van der Waals surface area contributed by atoms with E-state index in [2.05, 4.69) is 74.7 Å². The van der Waals surface area contributed by atoms with E-state index in [0.29, 0.717) is 5.69 Å². The van der Waals surface area contributed by atoms with E-state index in [-0.39, 0.29) is 7.31 Å². The van der Waals surface area contributed by atoms with Gasteiger partial charge in [0.1, 0.15) is 6.20 Å². The minimum atomic E-state index is -0.429. The molecule has 4 aromatic rings. The molecule has 0 saturated heterocycles. The number of nitrogens with zero attached hydrogens (tertiary/aromatic N) is 3. The summed E-state index contributed by atoms with van der Waals surface area (Å²) in [5, 5.41) is 12.8. The van der Waals surface area contributed by atoms with Crippen molar-refractivity contribution in [3.63, 3.8) is 0 Å². The SMILES string of the molecule is CC(C)Cc1ccccc1.O=C(Nc1ccc2ncccc2c1)Nc1cnno1.[HH]. The van der Waals surface area contributed by atoms with E-state index >= 15 is 0 Å². The van der Waals surface area contributed by atoms with Crippen LogP contribution in [0.25, 0.3) is 10.9 Å². The van der Waals surface area contributed by atoms with Crippen LogP contribution in [0.4, 0.5) is 16.4 Å². The molecule has 2 N–H and O–H groups in total. The van der Waals surface area contributed by atoms with E-state index in [1.54, 1.807) is 12.3 Å². The first kappa shape index (κ1) is 20.0. The minimum absolute atomic E-state index is 0. The maximum Gasteiger partial charge on any atom is 0.326 e. The number of carbonyl (C=O) groups excluding carboxylic acids is 1. The Hall–Kier alpha value is -3.74. The molecule has 0 spiro atoms. The molecule has 0 unspecified atom stereocenters. The van der Waals surface area contributed by atoms with Crippen LogP contribution in [0.5, 0.6) is 0 Å². The fourth-order valence-electron chi connectivity index (χ4n) is 2.74. The summed E-state index contributed by atoms with van der Waals surface area (Å²) in [7, 11) is 0. The van der Waals surface area contributed by atoms with E-state index in [9.17, 15) is 4.79 Å². The van der Waals surface area contributed by atoms with Gasteiger partial charge < -0.3 is 9.84 Å². The van der Waals surface area contributed by atoms with Crippen LogP contribution in [0.2, 0.25) is 0 Å². The third-order valence-corrected chi connectivity index (χ3v) is 3.95. The molecule has 2 aromatic carbocycles. The van der Waals surface area contributed by atoms with Gasteiger partial charge in [-0.25, -0.2) is 4.79 Å². The zero-order valence-corrected chi connectivity index (χ0v) is 16.4. The molecule has 2 aromatic heterocycles. The van der Waals surface area contributed by atoms with Crippen molar-refractivity contribution in [3.05, 3.63) is 78.6 Å². The molecule has 0 aliphatic carbocycles.